The maximum absolute atomic E-state index is 13.3. The van der Waals surface area contributed by atoms with E-state index in [-0.39, 0.29) is 5.91 Å². The van der Waals surface area contributed by atoms with Gasteiger partial charge in [0.05, 0.1) is 41.2 Å². The van der Waals surface area contributed by atoms with Gasteiger partial charge in [0.2, 0.25) is 0 Å². The summed E-state index contributed by atoms with van der Waals surface area (Å²) in [5.41, 5.74) is 2.25. The van der Waals surface area contributed by atoms with Crippen molar-refractivity contribution in [1.29, 1.82) is 0 Å². The third kappa shape index (κ3) is 4.58. The summed E-state index contributed by atoms with van der Waals surface area (Å²) < 4.78 is 7.16. The molecule has 5 heterocycles. The molecule has 0 spiro atoms. The van der Waals surface area contributed by atoms with E-state index in [1.54, 1.807) is 28.4 Å². The highest BCUT2D eigenvalue weighted by molar-refractivity contribution is 7.13. The van der Waals surface area contributed by atoms with Gasteiger partial charge in [-0.05, 0) is 50.1 Å². The van der Waals surface area contributed by atoms with Crippen LogP contribution in [-0.2, 0) is 4.74 Å². The van der Waals surface area contributed by atoms with E-state index in [2.05, 4.69) is 26.9 Å². The third-order valence-corrected chi connectivity index (χ3v) is 7.87. The van der Waals surface area contributed by atoms with Crippen molar-refractivity contribution in [2.45, 2.75) is 32.7 Å². The fourth-order valence-corrected chi connectivity index (χ4v) is 5.57. The minimum Gasteiger partial charge on any atom is -0.379 e. The number of likely N-dealkylation sites (tertiary alicyclic amines) is 1. The van der Waals surface area contributed by atoms with Gasteiger partial charge in [0.25, 0.3) is 11.9 Å². The number of ether oxygens (including phenoxy) is 1. The Balaban J connectivity index is 1.26. The van der Waals surface area contributed by atoms with E-state index < -0.39 is 0 Å². The van der Waals surface area contributed by atoms with Gasteiger partial charge in [-0.2, -0.15) is 5.10 Å². The number of amides is 1. The molecule has 0 bridgehead atoms. The van der Waals surface area contributed by atoms with Crippen LogP contribution < -0.4 is 0 Å². The highest BCUT2D eigenvalue weighted by Crippen LogP contribution is 2.27. The molecule has 2 saturated heterocycles. The lowest BCUT2D eigenvalue weighted by molar-refractivity contribution is -0.000954. The second-order valence-electron chi connectivity index (χ2n) is 8.79. The first-order valence-electron chi connectivity index (χ1n) is 11.6. The molecule has 3 aromatic rings. The number of carbonyl (C=O) groups is 1. The van der Waals surface area contributed by atoms with Crippen molar-refractivity contribution >= 4 is 17.2 Å². The second-order valence-corrected chi connectivity index (χ2v) is 9.74. The molecule has 0 saturated carbocycles. The van der Waals surface area contributed by atoms with Crippen molar-refractivity contribution in [3.63, 3.8) is 0 Å². The number of hydrogen-bond acceptors (Lipinski definition) is 7. The number of piperidine rings is 1. The molecule has 1 atom stereocenters. The number of thiophene rings is 1. The first-order valence-corrected chi connectivity index (χ1v) is 12.5. The summed E-state index contributed by atoms with van der Waals surface area (Å²) in [4.78, 5) is 27.9. The van der Waals surface area contributed by atoms with Gasteiger partial charge in [-0.25, -0.2) is 14.6 Å². The van der Waals surface area contributed by atoms with E-state index >= 15 is 0 Å². The lowest BCUT2D eigenvalue weighted by Gasteiger charge is -2.41. The molecule has 174 valence electrons. The molecule has 1 unspecified atom stereocenters. The number of hydrogen-bond donors (Lipinski definition) is 0. The van der Waals surface area contributed by atoms with Crippen LogP contribution in [0.1, 0.15) is 35.8 Å². The minimum absolute atomic E-state index is 0.0469. The van der Waals surface area contributed by atoms with Crippen LogP contribution in [0.15, 0.2) is 36.0 Å². The fourth-order valence-electron chi connectivity index (χ4n) is 4.87. The van der Waals surface area contributed by atoms with Crippen molar-refractivity contribution in [3.05, 3.63) is 47.2 Å². The van der Waals surface area contributed by atoms with E-state index in [4.69, 9.17) is 4.74 Å². The molecule has 0 radical (unpaired) electrons. The van der Waals surface area contributed by atoms with Crippen LogP contribution in [0.25, 0.3) is 16.5 Å². The molecule has 3 aromatic heterocycles. The normalized spacial score (nSPS) is 19.0. The van der Waals surface area contributed by atoms with Gasteiger partial charge in [0.15, 0.2) is 0 Å². The number of rotatable bonds is 5. The first kappa shape index (κ1) is 22.2. The Labute approximate surface area is 198 Å². The Kier molecular flexibility index (Phi) is 6.52. The molecule has 33 heavy (non-hydrogen) atoms. The Morgan fingerprint density at radius 2 is 1.97 bits per heavy atom. The van der Waals surface area contributed by atoms with Gasteiger partial charge in [-0.1, -0.05) is 6.07 Å². The lowest BCUT2D eigenvalue weighted by Crippen LogP contribution is -2.49. The van der Waals surface area contributed by atoms with Crippen molar-refractivity contribution in [1.82, 2.24) is 29.5 Å². The average Bonchev–Trinajstić information content (AvgIpc) is 3.54. The quantitative estimate of drug-likeness (QED) is 0.574. The van der Waals surface area contributed by atoms with E-state index in [1.807, 2.05) is 35.4 Å². The summed E-state index contributed by atoms with van der Waals surface area (Å²) in [5.74, 6) is 1.14. The Morgan fingerprint density at radius 3 is 2.70 bits per heavy atom. The van der Waals surface area contributed by atoms with E-state index in [0.717, 1.165) is 68.5 Å². The van der Waals surface area contributed by atoms with Gasteiger partial charge in [0.1, 0.15) is 0 Å². The van der Waals surface area contributed by atoms with Crippen LogP contribution in [0.3, 0.4) is 0 Å². The van der Waals surface area contributed by atoms with Crippen LogP contribution in [0.2, 0.25) is 0 Å². The van der Waals surface area contributed by atoms with Crippen LogP contribution in [0.5, 0.6) is 0 Å². The topological polar surface area (TPSA) is 76.4 Å². The van der Waals surface area contributed by atoms with E-state index in [0.29, 0.717) is 23.5 Å². The molecule has 8 nitrogen and oxygen atoms in total. The maximum atomic E-state index is 13.3. The Morgan fingerprint density at radius 1 is 1.18 bits per heavy atom. The van der Waals surface area contributed by atoms with Crippen LogP contribution in [0, 0.1) is 12.8 Å². The monoisotopic (exact) mass is 466 g/mol. The van der Waals surface area contributed by atoms with Gasteiger partial charge in [-0.3, -0.25) is 9.69 Å². The maximum Gasteiger partial charge on any atom is 0.257 e. The molecule has 1 amide bonds. The standard InChI is InChI=1S/C24H30N6O2S/c1-17(28-11-13-32-14-12-28)19-6-9-29(10-7-19)23(31)20-16-26-30(18(20)2)24-25-8-5-21(27-24)22-4-3-15-33-22/h3-5,8,15-17,19H,6-7,9-14H2,1-2H3. The summed E-state index contributed by atoms with van der Waals surface area (Å²) >= 11 is 1.63. The molecule has 0 aliphatic carbocycles. The van der Waals surface area contributed by atoms with Crippen molar-refractivity contribution in [3.8, 4) is 16.5 Å². The van der Waals surface area contributed by atoms with E-state index in [9.17, 15) is 4.79 Å². The zero-order valence-electron chi connectivity index (χ0n) is 19.2. The van der Waals surface area contributed by atoms with Gasteiger partial charge >= 0.3 is 0 Å². The minimum atomic E-state index is 0.0469. The van der Waals surface area contributed by atoms with Crippen LogP contribution >= 0.6 is 11.3 Å². The summed E-state index contributed by atoms with van der Waals surface area (Å²) in [6.07, 6.45) is 5.45. The molecule has 5 rings (SSSR count). The van der Waals surface area contributed by atoms with Gasteiger partial charge in [0, 0.05) is 38.4 Å². The fraction of sp³-hybridized carbons (Fsp3) is 0.500. The summed E-state index contributed by atoms with van der Waals surface area (Å²) in [7, 11) is 0. The number of carbonyl (C=O) groups excluding carboxylic acids is 1. The summed E-state index contributed by atoms with van der Waals surface area (Å²) in [6, 6.07) is 6.46. The van der Waals surface area contributed by atoms with Gasteiger partial charge in [-0.15, -0.1) is 11.3 Å². The number of morpholine rings is 1. The highest BCUT2D eigenvalue weighted by atomic mass is 32.1. The average molecular weight is 467 g/mol. The SMILES string of the molecule is Cc1c(C(=O)N2CCC(C(C)N3CCOCC3)CC2)cnn1-c1nccc(-c2cccs2)n1. The predicted molar refractivity (Wildman–Crippen MR) is 128 cm³/mol. The second kappa shape index (κ2) is 9.70. The molecule has 0 aromatic carbocycles. The molecule has 2 fully saturated rings. The van der Waals surface area contributed by atoms with E-state index in [1.165, 1.54) is 0 Å². The highest BCUT2D eigenvalue weighted by Gasteiger charge is 2.31. The number of aromatic nitrogens is 4. The lowest BCUT2D eigenvalue weighted by atomic mass is 9.89. The zero-order chi connectivity index (χ0) is 22.8. The third-order valence-electron chi connectivity index (χ3n) is 6.98. The smallest absolute Gasteiger partial charge is 0.257 e. The van der Waals surface area contributed by atoms with Crippen molar-refractivity contribution < 1.29 is 9.53 Å². The predicted octanol–water partition coefficient (Wildman–Crippen LogP) is 3.27. The summed E-state index contributed by atoms with van der Waals surface area (Å²) in [5, 5.41) is 6.48. The molecular formula is C24H30N6O2S. The largest absolute Gasteiger partial charge is 0.379 e. The molecule has 2 aliphatic rings. The summed E-state index contributed by atoms with van der Waals surface area (Å²) in [6.45, 7) is 9.47. The zero-order valence-corrected chi connectivity index (χ0v) is 20.0. The molecule has 0 N–H and O–H groups in total. The van der Waals surface area contributed by atoms with Crippen molar-refractivity contribution in [2.75, 3.05) is 39.4 Å². The molecule has 2 aliphatic heterocycles. The Bertz CT molecular complexity index is 1080. The first-order chi connectivity index (χ1) is 16.1. The molecule has 9 heteroatoms. The van der Waals surface area contributed by atoms with Crippen molar-refractivity contribution in [2.24, 2.45) is 5.92 Å². The Hall–Kier alpha value is -2.62. The molecular weight excluding hydrogens is 436 g/mol. The van der Waals surface area contributed by atoms with Crippen LogP contribution in [0.4, 0.5) is 0 Å². The van der Waals surface area contributed by atoms with Gasteiger partial charge < -0.3 is 9.64 Å². The number of nitrogens with zero attached hydrogens (tertiary/aromatic N) is 6. The van der Waals surface area contributed by atoms with Crippen LogP contribution in [-0.4, -0.2) is 80.9 Å².